The fraction of sp³-hybridized carbons (Fsp3) is 0.375. The molecular formula is C24H29N3O2S. The second kappa shape index (κ2) is 10.4. The lowest BCUT2D eigenvalue weighted by Gasteiger charge is -2.19. The minimum absolute atomic E-state index is 0.0418. The van der Waals surface area contributed by atoms with Crippen LogP contribution in [-0.4, -0.2) is 27.3 Å². The van der Waals surface area contributed by atoms with Crippen molar-refractivity contribution < 1.29 is 4.79 Å². The van der Waals surface area contributed by atoms with Gasteiger partial charge in [0.05, 0.1) is 16.2 Å². The van der Waals surface area contributed by atoms with E-state index in [0.717, 1.165) is 12.8 Å². The Hall–Kier alpha value is -2.60. The van der Waals surface area contributed by atoms with E-state index < -0.39 is 0 Å². The summed E-state index contributed by atoms with van der Waals surface area (Å²) in [5, 5.41) is 3.94. The number of benzene rings is 2. The molecule has 0 unspecified atom stereocenters. The van der Waals surface area contributed by atoms with Gasteiger partial charge < -0.3 is 5.32 Å². The zero-order valence-electron chi connectivity index (χ0n) is 17.8. The standard InChI is InChI=1S/C24H29N3O2S/c1-4-15-27-23(29)20-13-9-10-14-21(20)26-24(27)30-17(3)22(28)25-16-18(5-2)19-11-7-6-8-12-19/h6-14,17-18H,4-5,15-16H2,1-3H3,(H,25,28)/t17-,18-/m0/s1. The van der Waals surface area contributed by atoms with Crippen LogP contribution in [0, 0.1) is 0 Å². The van der Waals surface area contributed by atoms with Crippen LogP contribution >= 0.6 is 11.8 Å². The molecule has 1 aromatic heterocycles. The highest BCUT2D eigenvalue weighted by molar-refractivity contribution is 8.00. The molecule has 5 nitrogen and oxygen atoms in total. The Labute approximate surface area is 181 Å². The highest BCUT2D eigenvalue weighted by Crippen LogP contribution is 2.23. The van der Waals surface area contributed by atoms with Crippen molar-refractivity contribution in [1.29, 1.82) is 0 Å². The Morgan fingerprint density at radius 3 is 2.50 bits per heavy atom. The summed E-state index contributed by atoms with van der Waals surface area (Å²) in [5.41, 5.74) is 1.85. The first-order valence-corrected chi connectivity index (χ1v) is 11.4. The molecule has 2 aromatic carbocycles. The zero-order chi connectivity index (χ0) is 21.5. The van der Waals surface area contributed by atoms with E-state index in [1.807, 2.05) is 50.2 Å². The topological polar surface area (TPSA) is 64.0 Å². The van der Waals surface area contributed by atoms with Crippen molar-refractivity contribution in [2.24, 2.45) is 0 Å². The van der Waals surface area contributed by atoms with E-state index in [4.69, 9.17) is 0 Å². The number of rotatable bonds is 9. The van der Waals surface area contributed by atoms with E-state index in [1.165, 1.54) is 17.3 Å². The molecule has 0 aliphatic heterocycles. The van der Waals surface area contributed by atoms with Crippen molar-refractivity contribution in [2.45, 2.75) is 56.5 Å². The maximum absolute atomic E-state index is 12.9. The summed E-state index contributed by atoms with van der Waals surface area (Å²) in [6.07, 6.45) is 1.78. The largest absolute Gasteiger partial charge is 0.355 e. The van der Waals surface area contributed by atoms with Gasteiger partial charge in [-0.2, -0.15) is 0 Å². The number of nitrogens with zero attached hydrogens (tertiary/aromatic N) is 2. The summed E-state index contributed by atoms with van der Waals surface area (Å²) in [6.45, 7) is 7.20. The van der Waals surface area contributed by atoms with Crippen LogP contribution < -0.4 is 10.9 Å². The number of para-hydroxylation sites is 1. The van der Waals surface area contributed by atoms with E-state index in [1.54, 1.807) is 10.6 Å². The number of carbonyl (C=O) groups is 1. The van der Waals surface area contributed by atoms with Gasteiger partial charge in [0.25, 0.3) is 5.56 Å². The number of nitrogens with one attached hydrogen (secondary N) is 1. The lowest BCUT2D eigenvalue weighted by atomic mass is 9.96. The number of amides is 1. The summed E-state index contributed by atoms with van der Waals surface area (Å²) in [7, 11) is 0. The lowest BCUT2D eigenvalue weighted by molar-refractivity contribution is -0.120. The molecule has 3 aromatic rings. The highest BCUT2D eigenvalue weighted by Gasteiger charge is 2.20. The quantitative estimate of drug-likeness (QED) is 0.404. The number of carbonyl (C=O) groups excluding carboxylic acids is 1. The lowest BCUT2D eigenvalue weighted by Crippen LogP contribution is -2.34. The van der Waals surface area contributed by atoms with E-state index in [2.05, 4.69) is 29.4 Å². The monoisotopic (exact) mass is 423 g/mol. The van der Waals surface area contributed by atoms with Crippen LogP contribution in [0.4, 0.5) is 0 Å². The molecule has 0 radical (unpaired) electrons. The summed E-state index contributed by atoms with van der Waals surface area (Å²) in [6, 6.07) is 17.6. The van der Waals surface area contributed by atoms with Gasteiger partial charge in [-0.1, -0.05) is 68.1 Å². The van der Waals surface area contributed by atoms with Crippen LogP contribution in [0.2, 0.25) is 0 Å². The average Bonchev–Trinajstić information content (AvgIpc) is 2.77. The second-order valence-electron chi connectivity index (χ2n) is 7.39. The molecule has 30 heavy (non-hydrogen) atoms. The molecule has 3 rings (SSSR count). The predicted octanol–water partition coefficient (Wildman–Crippen LogP) is 4.60. The molecule has 1 heterocycles. The van der Waals surface area contributed by atoms with Gasteiger partial charge in [0.15, 0.2) is 5.16 Å². The number of hydrogen-bond donors (Lipinski definition) is 1. The molecular weight excluding hydrogens is 394 g/mol. The third-order valence-electron chi connectivity index (χ3n) is 5.21. The molecule has 6 heteroatoms. The number of thioether (sulfide) groups is 1. The van der Waals surface area contributed by atoms with Crippen molar-refractivity contribution in [3.8, 4) is 0 Å². The Balaban J connectivity index is 1.74. The molecule has 0 bridgehead atoms. The van der Waals surface area contributed by atoms with Gasteiger partial charge >= 0.3 is 0 Å². The van der Waals surface area contributed by atoms with Crippen LogP contribution in [0.15, 0.2) is 64.5 Å². The van der Waals surface area contributed by atoms with Crippen molar-refractivity contribution in [3.05, 3.63) is 70.5 Å². The summed E-state index contributed by atoms with van der Waals surface area (Å²) in [4.78, 5) is 30.4. The summed E-state index contributed by atoms with van der Waals surface area (Å²) >= 11 is 1.34. The fourth-order valence-electron chi connectivity index (χ4n) is 3.46. The van der Waals surface area contributed by atoms with Gasteiger partial charge in [0.2, 0.25) is 5.91 Å². The Bertz CT molecular complexity index is 1050. The van der Waals surface area contributed by atoms with Crippen molar-refractivity contribution >= 4 is 28.6 Å². The Kier molecular flexibility index (Phi) is 7.69. The van der Waals surface area contributed by atoms with E-state index in [0.29, 0.717) is 29.1 Å². The summed E-state index contributed by atoms with van der Waals surface area (Å²) in [5.74, 6) is 0.240. The Morgan fingerprint density at radius 2 is 1.80 bits per heavy atom. The smallest absolute Gasteiger partial charge is 0.262 e. The number of fused-ring (bicyclic) bond motifs is 1. The van der Waals surface area contributed by atoms with Gasteiger partial charge in [-0.15, -0.1) is 0 Å². The van der Waals surface area contributed by atoms with Crippen molar-refractivity contribution in [1.82, 2.24) is 14.9 Å². The third-order valence-corrected chi connectivity index (χ3v) is 6.30. The first kappa shape index (κ1) is 22.1. The molecule has 1 N–H and O–H groups in total. The van der Waals surface area contributed by atoms with E-state index in [-0.39, 0.29) is 22.6 Å². The molecule has 0 aliphatic rings. The van der Waals surface area contributed by atoms with Gasteiger partial charge in [0.1, 0.15) is 0 Å². The highest BCUT2D eigenvalue weighted by atomic mass is 32.2. The molecule has 0 saturated carbocycles. The fourth-order valence-corrected chi connectivity index (χ4v) is 4.42. The maximum atomic E-state index is 12.9. The molecule has 0 spiro atoms. The van der Waals surface area contributed by atoms with E-state index >= 15 is 0 Å². The van der Waals surface area contributed by atoms with Crippen LogP contribution in [0.1, 0.15) is 45.1 Å². The van der Waals surface area contributed by atoms with Crippen molar-refractivity contribution in [2.75, 3.05) is 6.54 Å². The van der Waals surface area contributed by atoms with Crippen LogP contribution in [0.3, 0.4) is 0 Å². The first-order chi connectivity index (χ1) is 14.5. The molecule has 0 saturated heterocycles. The average molecular weight is 424 g/mol. The Morgan fingerprint density at radius 1 is 1.10 bits per heavy atom. The molecule has 2 atom stereocenters. The molecule has 0 fully saturated rings. The zero-order valence-corrected chi connectivity index (χ0v) is 18.6. The van der Waals surface area contributed by atoms with Crippen LogP contribution in [-0.2, 0) is 11.3 Å². The molecule has 1 amide bonds. The summed E-state index contributed by atoms with van der Waals surface area (Å²) < 4.78 is 1.69. The van der Waals surface area contributed by atoms with Gasteiger partial charge in [-0.05, 0) is 37.5 Å². The second-order valence-corrected chi connectivity index (χ2v) is 8.70. The van der Waals surface area contributed by atoms with Gasteiger partial charge in [-0.25, -0.2) is 4.98 Å². The molecule has 0 aliphatic carbocycles. The first-order valence-electron chi connectivity index (χ1n) is 10.5. The SMILES string of the molecule is CCCn1c(S[C@@H](C)C(=O)NC[C@H](CC)c2ccccc2)nc2ccccc2c1=O. The molecule has 158 valence electrons. The van der Waals surface area contributed by atoms with E-state index in [9.17, 15) is 9.59 Å². The minimum Gasteiger partial charge on any atom is -0.355 e. The predicted molar refractivity (Wildman–Crippen MR) is 124 cm³/mol. The third kappa shape index (κ3) is 5.11. The minimum atomic E-state index is -0.352. The normalized spacial score (nSPS) is 13.2. The number of hydrogen-bond acceptors (Lipinski definition) is 4. The van der Waals surface area contributed by atoms with Crippen molar-refractivity contribution in [3.63, 3.8) is 0 Å². The van der Waals surface area contributed by atoms with Gasteiger partial charge in [0, 0.05) is 19.0 Å². The maximum Gasteiger partial charge on any atom is 0.262 e. The van der Waals surface area contributed by atoms with Crippen LogP contribution in [0.25, 0.3) is 10.9 Å². The van der Waals surface area contributed by atoms with Crippen LogP contribution in [0.5, 0.6) is 0 Å². The number of aromatic nitrogens is 2. The van der Waals surface area contributed by atoms with Gasteiger partial charge in [-0.3, -0.25) is 14.2 Å².